The van der Waals surface area contributed by atoms with E-state index in [1.807, 2.05) is 0 Å². The van der Waals surface area contributed by atoms with Gasteiger partial charge in [0.25, 0.3) is 0 Å². The maximum Gasteiger partial charge on any atom is 0.328 e. The number of carbonyl (C=O) groups is 4. The third-order valence-corrected chi connectivity index (χ3v) is 3.76. The van der Waals surface area contributed by atoms with Gasteiger partial charge in [-0.05, 0) is 5.92 Å². The topological polar surface area (TPSA) is 191 Å². The highest BCUT2D eigenvalue weighted by molar-refractivity contribution is 7.80. The normalized spacial score (nSPS) is 15.5. The van der Waals surface area contributed by atoms with E-state index in [0.29, 0.717) is 0 Å². The molecule has 0 aliphatic rings. The average Bonchev–Trinajstić information content (AvgIpc) is 2.59. The van der Waals surface area contributed by atoms with Gasteiger partial charge in [0, 0.05) is 5.75 Å². The summed E-state index contributed by atoms with van der Waals surface area (Å²) in [4.78, 5) is 47.1. The summed E-state index contributed by atoms with van der Waals surface area (Å²) in [6, 6.07) is -4.95. The van der Waals surface area contributed by atoms with Gasteiger partial charge in [-0.15, -0.1) is 0 Å². The van der Waals surface area contributed by atoms with E-state index in [-0.39, 0.29) is 11.7 Å². The largest absolute Gasteiger partial charge is 0.480 e. The van der Waals surface area contributed by atoms with Gasteiger partial charge in [0.1, 0.15) is 24.2 Å². The number of carbonyl (C=O) groups excluding carboxylic acids is 3. The molecule has 0 bridgehead atoms. The van der Waals surface area contributed by atoms with E-state index in [2.05, 4.69) is 28.6 Å². The Balaban J connectivity index is 5.04. The van der Waals surface area contributed by atoms with Gasteiger partial charge >= 0.3 is 5.97 Å². The number of carboxylic acids is 1. The van der Waals surface area contributed by atoms with Gasteiger partial charge in [0.15, 0.2) is 0 Å². The lowest BCUT2D eigenvalue weighted by atomic mass is 10.0. The lowest BCUT2D eigenvalue weighted by Gasteiger charge is -2.26. The first-order valence-electron chi connectivity index (χ1n) is 7.81. The molecule has 12 heteroatoms. The summed E-state index contributed by atoms with van der Waals surface area (Å²) in [5.74, 6) is -4.24. The van der Waals surface area contributed by atoms with Crippen molar-refractivity contribution >= 4 is 36.3 Å². The average molecular weight is 394 g/mol. The lowest BCUT2D eigenvalue weighted by molar-refractivity contribution is -0.143. The van der Waals surface area contributed by atoms with Crippen LogP contribution in [-0.4, -0.2) is 82.1 Å². The monoisotopic (exact) mass is 394 g/mol. The summed E-state index contributed by atoms with van der Waals surface area (Å²) in [5, 5.41) is 33.5. The van der Waals surface area contributed by atoms with Crippen LogP contribution in [0.15, 0.2) is 0 Å². The zero-order chi connectivity index (χ0) is 20.4. The van der Waals surface area contributed by atoms with Gasteiger partial charge in [0.05, 0.1) is 13.2 Å². The molecule has 11 nitrogen and oxygen atoms in total. The molecule has 0 aliphatic heterocycles. The van der Waals surface area contributed by atoms with Crippen molar-refractivity contribution in [3.63, 3.8) is 0 Å². The van der Waals surface area contributed by atoms with Crippen LogP contribution in [0.3, 0.4) is 0 Å². The molecule has 0 aromatic carbocycles. The summed E-state index contributed by atoms with van der Waals surface area (Å²) in [7, 11) is 0. The number of aliphatic hydroxyl groups is 2. The summed E-state index contributed by atoms with van der Waals surface area (Å²) in [5.41, 5.74) is 5.39. The van der Waals surface area contributed by atoms with E-state index in [4.69, 9.17) is 21.1 Å². The smallest absolute Gasteiger partial charge is 0.328 e. The SMILES string of the molecule is CC(C)C(NC(=O)C(N)CO)C(=O)NC(CS)C(=O)NC(CO)C(=O)O. The van der Waals surface area contributed by atoms with Crippen LogP contribution in [0.5, 0.6) is 0 Å². The van der Waals surface area contributed by atoms with Gasteiger partial charge in [-0.1, -0.05) is 13.8 Å². The van der Waals surface area contributed by atoms with Crippen molar-refractivity contribution in [3.05, 3.63) is 0 Å². The Labute approximate surface area is 156 Å². The number of nitrogens with one attached hydrogen (secondary N) is 3. The molecule has 26 heavy (non-hydrogen) atoms. The van der Waals surface area contributed by atoms with Crippen LogP contribution in [0.4, 0.5) is 0 Å². The van der Waals surface area contributed by atoms with Crippen LogP contribution in [0.25, 0.3) is 0 Å². The van der Waals surface area contributed by atoms with Crippen molar-refractivity contribution in [1.29, 1.82) is 0 Å². The molecule has 0 aliphatic carbocycles. The Hall–Kier alpha value is -1.89. The second-order valence-electron chi connectivity index (χ2n) is 5.85. The minimum atomic E-state index is -1.52. The van der Waals surface area contributed by atoms with Crippen LogP contribution in [-0.2, 0) is 19.2 Å². The molecule has 0 radical (unpaired) electrons. The molecule has 150 valence electrons. The Bertz CT molecular complexity index is 518. The molecular weight excluding hydrogens is 368 g/mol. The first kappa shape index (κ1) is 24.1. The minimum absolute atomic E-state index is 0.149. The number of hydrogen-bond acceptors (Lipinski definition) is 8. The van der Waals surface area contributed by atoms with Crippen molar-refractivity contribution in [2.75, 3.05) is 19.0 Å². The molecule has 0 saturated carbocycles. The van der Waals surface area contributed by atoms with Crippen LogP contribution >= 0.6 is 12.6 Å². The van der Waals surface area contributed by atoms with Gasteiger partial charge in [-0.2, -0.15) is 12.6 Å². The fourth-order valence-electron chi connectivity index (χ4n) is 1.79. The lowest BCUT2D eigenvalue weighted by Crippen LogP contribution is -2.59. The van der Waals surface area contributed by atoms with Crippen LogP contribution in [0, 0.1) is 5.92 Å². The van der Waals surface area contributed by atoms with E-state index in [0.717, 1.165) is 0 Å². The van der Waals surface area contributed by atoms with E-state index in [1.54, 1.807) is 13.8 Å². The van der Waals surface area contributed by atoms with Crippen molar-refractivity contribution in [2.45, 2.75) is 38.0 Å². The Kier molecular flexibility index (Phi) is 10.8. The van der Waals surface area contributed by atoms with Gasteiger partial charge < -0.3 is 37.0 Å². The molecule has 0 spiro atoms. The van der Waals surface area contributed by atoms with Crippen LogP contribution in [0.1, 0.15) is 13.8 Å². The predicted octanol–water partition coefficient (Wildman–Crippen LogP) is -3.58. The number of aliphatic hydroxyl groups excluding tert-OH is 2. The first-order chi connectivity index (χ1) is 12.1. The number of carboxylic acid groups (broad SMARTS) is 1. The first-order valence-corrected chi connectivity index (χ1v) is 8.44. The maximum absolute atomic E-state index is 12.4. The number of hydrogen-bond donors (Lipinski definition) is 8. The van der Waals surface area contributed by atoms with Gasteiger partial charge in [-0.3, -0.25) is 14.4 Å². The van der Waals surface area contributed by atoms with Crippen molar-refractivity contribution in [3.8, 4) is 0 Å². The summed E-state index contributed by atoms with van der Waals surface area (Å²) in [6.45, 7) is 1.88. The van der Waals surface area contributed by atoms with Crippen LogP contribution < -0.4 is 21.7 Å². The maximum atomic E-state index is 12.4. The molecule has 4 unspecified atom stereocenters. The van der Waals surface area contributed by atoms with E-state index in [1.165, 1.54) is 0 Å². The number of rotatable bonds is 11. The predicted molar refractivity (Wildman–Crippen MR) is 94.3 cm³/mol. The van der Waals surface area contributed by atoms with E-state index < -0.39 is 61.1 Å². The standard InChI is InChI=1S/C14H26N4O7S/c1-6(2)10(18-11(21)7(15)3-19)13(23)17-9(5-26)12(22)16-8(4-20)14(24)25/h6-10,19-20,26H,3-5,15H2,1-2H3,(H,16,22)(H,17,23)(H,18,21)(H,24,25). The highest BCUT2D eigenvalue weighted by atomic mass is 32.1. The molecule has 0 fully saturated rings. The van der Waals surface area contributed by atoms with Crippen LogP contribution in [0.2, 0.25) is 0 Å². The molecule has 3 amide bonds. The molecule has 0 aromatic rings. The van der Waals surface area contributed by atoms with Gasteiger partial charge in [0.2, 0.25) is 17.7 Å². The summed E-state index contributed by atoms with van der Waals surface area (Å²) < 4.78 is 0. The summed E-state index contributed by atoms with van der Waals surface area (Å²) >= 11 is 3.95. The second-order valence-corrected chi connectivity index (χ2v) is 6.21. The molecule has 0 heterocycles. The fourth-order valence-corrected chi connectivity index (χ4v) is 2.05. The molecule has 8 N–H and O–H groups in total. The second kappa shape index (κ2) is 11.7. The number of aliphatic carboxylic acids is 1. The third kappa shape index (κ3) is 7.56. The fraction of sp³-hybridized carbons (Fsp3) is 0.714. The Morgan fingerprint density at radius 1 is 0.923 bits per heavy atom. The minimum Gasteiger partial charge on any atom is -0.480 e. The van der Waals surface area contributed by atoms with Crippen molar-refractivity contribution in [1.82, 2.24) is 16.0 Å². The Morgan fingerprint density at radius 2 is 1.46 bits per heavy atom. The van der Waals surface area contributed by atoms with E-state index >= 15 is 0 Å². The molecular formula is C14H26N4O7S. The zero-order valence-corrected chi connectivity index (χ0v) is 15.4. The number of amides is 3. The van der Waals surface area contributed by atoms with E-state index in [9.17, 15) is 19.2 Å². The molecule has 0 aromatic heterocycles. The third-order valence-electron chi connectivity index (χ3n) is 3.39. The highest BCUT2D eigenvalue weighted by Crippen LogP contribution is 2.04. The molecule has 0 saturated heterocycles. The quantitative estimate of drug-likeness (QED) is 0.165. The number of nitrogens with two attached hydrogens (primary N) is 1. The van der Waals surface area contributed by atoms with Gasteiger partial charge in [-0.25, -0.2) is 4.79 Å². The Morgan fingerprint density at radius 3 is 1.85 bits per heavy atom. The van der Waals surface area contributed by atoms with Crippen molar-refractivity contribution in [2.24, 2.45) is 11.7 Å². The molecule has 0 rings (SSSR count). The number of thiol groups is 1. The highest BCUT2D eigenvalue weighted by Gasteiger charge is 2.30. The molecule has 4 atom stereocenters. The summed E-state index contributed by atoms with van der Waals surface area (Å²) in [6.07, 6.45) is 0. The zero-order valence-electron chi connectivity index (χ0n) is 14.5. The van der Waals surface area contributed by atoms with Crippen molar-refractivity contribution < 1.29 is 34.5 Å².